The van der Waals surface area contributed by atoms with Crippen LogP contribution in [0.1, 0.15) is 43.5 Å². The number of aromatic nitrogens is 2. The summed E-state index contributed by atoms with van der Waals surface area (Å²) in [7, 11) is 0. The van der Waals surface area contributed by atoms with Gasteiger partial charge in [-0.2, -0.15) is 0 Å². The van der Waals surface area contributed by atoms with Crippen molar-refractivity contribution in [1.82, 2.24) is 9.97 Å². The standard InChI is InChI=1S/C16H19N3.Ni/c1-11(2)14-7-5-6-12(3)16(14)19-13(4)15-10-17-8-9-18-15;/h5-11H,1-4H3;. The average Bonchev–Trinajstić information content (AvgIpc) is 2.41. The van der Waals surface area contributed by atoms with Gasteiger partial charge < -0.3 is 0 Å². The number of nitrogens with zero attached hydrogens (tertiary/aromatic N) is 3. The van der Waals surface area contributed by atoms with Crippen LogP contribution in [0, 0.1) is 6.92 Å². The molecular formula is C16H19N3Ni. The Morgan fingerprint density at radius 2 is 1.95 bits per heavy atom. The first-order valence-corrected chi connectivity index (χ1v) is 6.50. The SMILES string of the molecule is CC(=Nc1c(C)cccc1C(C)C)c1cnccn1.[Ni]. The monoisotopic (exact) mass is 311 g/mol. The van der Waals surface area contributed by atoms with Crippen molar-refractivity contribution in [1.29, 1.82) is 0 Å². The maximum Gasteiger partial charge on any atom is 0.102 e. The number of benzene rings is 1. The van der Waals surface area contributed by atoms with Crippen molar-refractivity contribution < 1.29 is 16.5 Å². The third-order valence-electron chi connectivity index (χ3n) is 3.10. The van der Waals surface area contributed by atoms with E-state index >= 15 is 0 Å². The molecule has 0 atom stereocenters. The third kappa shape index (κ3) is 3.74. The topological polar surface area (TPSA) is 38.1 Å². The van der Waals surface area contributed by atoms with Gasteiger partial charge in [-0.05, 0) is 30.9 Å². The van der Waals surface area contributed by atoms with Crippen molar-refractivity contribution in [2.75, 3.05) is 0 Å². The Hall–Kier alpha value is -1.54. The van der Waals surface area contributed by atoms with Crippen molar-refractivity contribution in [3.8, 4) is 0 Å². The number of para-hydroxylation sites is 1. The second-order valence-corrected chi connectivity index (χ2v) is 4.96. The van der Waals surface area contributed by atoms with Gasteiger partial charge in [-0.3, -0.25) is 15.0 Å². The summed E-state index contributed by atoms with van der Waals surface area (Å²) in [5.41, 5.74) is 5.23. The van der Waals surface area contributed by atoms with Crippen LogP contribution in [0.3, 0.4) is 0 Å². The molecule has 0 fully saturated rings. The maximum absolute atomic E-state index is 4.76. The van der Waals surface area contributed by atoms with E-state index in [2.05, 4.69) is 48.9 Å². The van der Waals surface area contributed by atoms with E-state index in [-0.39, 0.29) is 16.5 Å². The van der Waals surface area contributed by atoms with Crippen LogP contribution in [-0.2, 0) is 16.5 Å². The minimum Gasteiger partial charge on any atom is -0.261 e. The van der Waals surface area contributed by atoms with Gasteiger partial charge in [0.05, 0.1) is 17.6 Å². The molecule has 3 nitrogen and oxygen atoms in total. The first-order valence-electron chi connectivity index (χ1n) is 6.50. The van der Waals surface area contributed by atoms with Gasteiger partial charge in [0.25, 0.3) is 0 Å². The molecule has 1 heterocycles. The molecule has 0 N–H and O–H groups in total. The van der Waals surface area contributed by atoms with Crippen molar-refractivity contribution in [3.63, 3.8) is 0 Å². The molecule has 4 heteroatoms. The van der Waals surface area contributed by atoms with Crippen LogP contribution in [0.2, 0.25) is 0 Å². The second-order valence-electron chi connectivity index (χ2n) is 4.96. The van der Waals surface area contributed by atoms with Crippen LogP contribution in [0.25, 0.3) is 0 Å². The Morgan fingerprint density at radius 1 is 1.20 bits per heavy atom. The van der Waals surface area contributed by atoms with Crippen molar-refractivity contribution in [3.05, 3.63) is 53.6 Å². The van der Waals surface area contributed by atoms with E-state index in [0.29, 0.717) is 5.92 Å². The molecule has 2 rings (SSSR count). The molecule has 0 unspecified atom stereocenters. The molecule has 1 aromatic carbocycles. The number of hydrogen-bond acceptors (Lipinski definition) is 3. The summed E-state index contributed by atoms with van der Waals surface area (Å²) in [5, 5.41) is 0. The van der Waals surface area contributed by atoms with Crippen molar-refractivity contribution >= 4 is 11.4 Å². The summed E-state index contributed by atoms with van der Waals surface area (Å²) >= 11 is 0. The number of aryl methyl sites for hydroxylation is 1. The number of hydrogen-bond donors (Lipinski definition) is 0. The Labute approximate surface area is 130 Å². The molecule has 0 amide bonds. The summed E-state index contributed by atoms with van der Waals surface area (Å²) < 4.78 is 0. The van der Waals surface area contributed by atoms with E-state index in [1.54, 1.807) is 18.6 Å². The molecule has 0 aliphatic heterocycles. The zero-order chi connectivity index (χ0) is 13.8. The van der Waals surface area contributed by atoms with Gasteiger partial charge in [0.2, 0.25) is 0 Å². The van der Waals surface area contributed by atoms with Crippen LogP contribution in [-0.4, -0.2) is 15.7 Å². The van der Waals surface area contributed by atoms with Gasteiger partial charge in [-0.15, -0.1) is 0 Å². The second kappa shape index (κ2) is 7.30. The van der Waals surface area contributed by atoms with Crippen LogP contribution in [0.4, 0.5) is 5.69 Å². The minimum absolute atomic E-state index is 0. The van der Waals surface area contributed by atoms with E-state index in [1.807, 2.05) is 6.92 Å². The molecule has 1 aromatic heterocycles. The summed E-state index contributed by atoms with van der Waals surface area (Å²) in [4.78, 5) is 13.1. The molecule has 0 saturated carbocycles. The molecule has 20 heavy (non-hydrogen) atoms. The Kier molecular flexibility index (Phi) is 6.03. The largest absolute Gasteiger partial charge is 0.261 e. The van der Waals surface area contributed by atoms with Crippen LogP contribution in [0.5, 0.6) is 0 Å². The predicted molar refractivity (Wildman–Crippen MR) is 79.2 cm³/mol. The van der Waals surface area contributed by atoms with E-state index in [1.165, 1.54) is 11.1 Å². The Balaban J connectivity index is 0.00000200. The quantitative estimate of drug-likeness (QED) is 0.633. The molecule has 0 saturated heterocycles. The molecular weight excluding hydrogens is 293 g/mol. The maximum atomic E-state index is 4.76. The van der Waals surface area contributed by atoms with Gasteiger partial charge in [0.1, 0.15) is 5.69 Å². The summed E-state index contributed by atoms with van der Waals surface area (Å²) in [6.45, 7) is 8.44. The van der Waals surface area contributed by atoms with Crippen LogP contribution >= 0.6 is 0 Å². The molecule has 108 valence electrons. The van der Waals surface area contributed by atoms with Crippen LogP contribution in [0.15, 0.2) is 41.8 Å². The van der Waals surface area contributed by atoms with Crippen LogP contribution < -0.4 is 0 Å². The third-order valence-corrected chi connectivity index (χ3v) is 3.10. The number of aliphatic imine (C=N–C) groups is 1. The average molecular weight is 312 g/mol. The summed E-state index contributed by atoms with van der Waals surface area (Å²) in [6.07, 6.45) is 5.10. The molecule has 0 radical (unpaired) electrons. The van der Waals surface area contributed by atoms with Gasteiger partial charge >= 0.3 is 0 Å². The van der Waals surface area contributed by atoms with Gasteiger partial charge in [-0.25, -0.2) is 0 Å². The van der Waals surface area contributed by atoms with E-state index in [9.17, 15) is 0 Å². The smallest absolute Gasteiger partial charge is 0.102 e. The van der Waals surface area contributed by atoms with Gasteiger partial charge in [-0.1, -0.05) is 32.0 Å². The fourth-order valence-electron chi connectivity index (χ4n) is 2.01. The van der Waals surface area contributed by atoms with E-state index in [4.69, 9.17) is 4.99 Å². The predicted octanol–water partition coefficient (Wildman–Crippen LogP) is 4.05. The first kappa shape index (κ1) is 16.5. The molecule has 2 aromatic rings. The molecule has 0 aliphatic rings. The van der Waals surface area contributed by atoms with Crippen molar-refractivity contribution in [2.45, 2.75) is 33.6 Å². The van der Waals surface area contributed by atoms with E-state index < -0.39 is 0 Å². The summed E-state index contributed by atoms with van der Waals surface area (Å²) in [6, 6.07) is 6.32. The number of rotatable bonds is 3. The first-order chi connectivity index (χ1) is 9.09. The fourth-order valence-corrected chi connectivity index (χ4v) is 2.01. The molecule has 0 bridgehead atoms. The van der Waals surface area contributed by atoms with Gasteiger partial charge in [0, 0.05) is 28.9 Å². The zero-order valence-corrected chi connectivity index (χ0v) is 13.2. The Bertz CT molecular complexity index is 592. The fraction of sp³-hybridized carbons (Fsp3) is 0.312. The Morgan fingerprint density at radius 3 is 2.55 bits per heavy atom. The van der Waals surface area contributed by atoms with E-state index in [0.717, 1.165) is 17.1 Å². The van der Waals surface area contributed by atoms with Gasteiger partial charge in [0.15, 0.2) is 0 Å². The van der Waals surface area contributed by atoms with Crippen molar-refractivity contribution in [2.24, 2.45) is 4.99 Å². The zero-order valence-electron chi connectivity index (χ0n) is 12.2. The molecule has 0 aliphatic carbocycles. The molecule has 0 spiro atoms. The normalized spacial score (nSPS) is 11.3. The summed E-state index contributed by atoms with van der Waals surface area (Å²) in [5.74, 6) is 0.452. The minimum atomic E-state index is 0.